The van der Waals surface area contributed by atoms with Crippen molar-refractivity contribution in [1.82, 2.24) is 4.57 Å². The molecule has 5 nitrogen and oxygen atoms in total. The molecule has 1 heterocycles. The minimum atomic E-state index is -0.372. The minimum absolute atomic E-state index is 0.119. The van der Waals surface area contributed by atoms with Gasteiger partial charge in [-0.1, -0.05) is 13.3 Å². The van der Waals surface area contributed by atoms with Gasteiger partial charge >= 0.3 is 0 Å². The average Bonchev–Trinajstić information content (AvgIpc) is 2.71. The molecule has 0 radical (unpaired) electrons. The number of non-ortho nitro benzene ring substituents is 1. The van der Waals surface area contributed by atoms with Crippen molar-refractivity contribution in [3.63, 3.8) is 0 Å². The molecule has 0 aliphatic rings. The van der Waals surface area contributed by atoms with E-state index in [9.17, 15) is 10.1 Å². The second kappa shape index (κ2) is 5.86. The summed E-state index contributed by atoms with van der Waals surface area (Å²) >= 11 is 0. The Morgan fingerprint density at radius 1 is 1.35 bits per heavy atom. The van der Waals surface area contributed by atoms with Crippen LogP contribution in [0.15, 0.2) is 24.3 Å². The van der Waals surface area contributed by atoms with E-state index in [1.54, 1.807) is 12.1 Å². The maximum absolute atomic E-state index is 10.8. The highest BCUT2D eigenvalue weighted by Gasteiger charge is 2.11. The summed E-state index contributed by atoms with van der Waals surface area (Å²) in [6, 6.07) is 6.90. The molecule has 106 valence electrons. The minimum Gasteiger partial charge on any atom is -0.345 e. The monoisotopic (exact) mass is 273 g/mol. The van der Waals surface area contributed by atoms with Gasteiger partial charge in [0.1, 0.15) is 0 Å². The molecule has 0 aliphatic heterocycles. The van der Waals surface area contributed by atoms with Gasteiger partial charge in [-0.05, 0) is 25.5 Å². The van der Waals surface area contributed by atoms with Crippen LogP contribution in [0.2, 0.25) is 0 Å². The molecule has 0 amide bonds. The molecule has 1 aromatic carbocycles. The molecule has 0 saturated carbocycles. The van der Waals surface area contributed by atoms with E-state index >= 15 is 0 Å². The smallest absolute Gasteiger partial charge is 0.270 e. The normalized spacial score (nSPS) is 10.9. The molecule has 0 atom stereocenters. The molecule has 20 heavy (non-hydrogen) atoms. The lowest BCUT2D eigenvalue weighted by atomic mass is 10.1. The first kappa shape index (κ1) is 14.2. The maximum atomic E-state index is 10.8. The molecular formula is C15H19N3O2. The third-order valence-corrected chi connectivity index (χ3v) is 3.49. The molecule has 0 fully saturated rings. The van der Waals surface area contributed by atoms with Crippen molar-refractivity contribution in [3.05, 3.63) is 40.1 Å². The van der Waals surface area contributed by atoms with Gasteiger partial charge in [0, 0.05) is 47.4 Å². The van der Waals surface area contributed by atoms with E-state index in [0.29, 0.717) is 0 Å². The first-order valence-corrected chi connectivity index (χ1v) is 6.83. The van der Waals surface area contributed by atoms with Gasteiger partial charge in [0.15, 0.2) is 0 Å². The van der Waals surface area contributed by atoms with E-state index in [-0.39, 0.29) is 10.6 Å². The summed E-state index contributed by atoms with van der Waals surface area (Å²) in [5, 5.41) is 19.5. The van der Waals surface area contributed by atoms with Crippen LogP contribution in [0.5, 0.6) is 0 Å². The quantitative estimate of drug-likeness (QED) is 0.489. The number of fused-ring (bicyclic) bond motifs is 1. The zero-order valence-electron chi connectivity index (χ0n) is 11.8. The van der Waals surface area contributed by atoms with Gasteiger partial charge in [-0.25, -0.2) is 0 Å². The number of nitrogens with one attached hydrogen (secondary N) is 1. The van der Waals surface area contributed by atoms with Gasteiger partial charge in [-0.2, -0.15) is 0 Å². The maximum Gasteiger partial charge on any atom is 0.270 e. The van der Waals surface area contributed by atoms with Crippen LogP contribution in [0.1, 0.15) is 31.9 Å². The number of aromatic nitrogens is 1. The van der Waals surface area contributed by atoms with Crippen LogP contribution in [0, 0.1) is 22.4 Å². The van der Waals surface area contributed by atoms with Crippen LogP contribution < -0.4 is 0 Å². The largest absolute Gasteiger partial charge is 0.345 e. The molecular weight excluding hydrogens is 254 g/mol. The van der Waals surface area contributed by atoms with Gasteiger partial charge in [-0.15, -0.1) is 0 Å². The van der Waals surface area contributed by atoms with Crippen LogP contribution in [0.25, 0.3) is 10.9 Å². The van der Waals surface area contributed by atoms with E-state index < -0.39 is 0 Å². The molecule has 1 aromatic heterocycles. The summed E-state index contributed by atoms with van der Waals surface area (Å²) in [5.41, 5.74) is 2.95. The summed E-state index contributed by atoms with van der Waals surface area (Å²) < 4.78 is 2.13. The fraction of sp³-hybridized carbons (Fsp3) is 0.400. The third-order valence-electron chi connectivity index (χ3n) is 3.49. The Labute approximate surface area is 117 Å². The second-order valence-electron chi connectivity index (χ2n) is 5.04. The Balaban J connectivity index is 2.27. The van der Waals surface area contributed by atoms with Crippen molar-refractivity contribution in [2.45, 2.75) is 39.7 Å². The molecule has 5 heteroatoms. The number of benzene rings is 1. The van der Waals surface area contributed by atoms with Crippen molar-refractivity contribution in [2.24, 2.45) is 0 Å². The van der Waals surface area contributed by atoms with Crippen LogP contribution in [0.4, 0.5) is 5.69 Å². The number of hydrogen-bond acceptors (Lipinski definition) is 3. The number of nitro groups is 1. The third kappa shape index (κ3) is 2.87. The predicted molar refractivity (Wildman–Crippen MR) is 80.6 cm³/mol. The Morgan fingerprint density at radius 3 is 2.75 bits per heavy atom. The molecule has 0 aliphatic carbocycles. The Hall–Kier alpha value is -2.17. The zero-order chi connectivity index (χ0) is 14.7. The second-order valence-corrected chi connectivity index (χ2v) is 5.04. The average molecular weight is 273 g/mol. The van der Waals surface area contributed by atoms with Gasteiger partial charge in [0.05, 0.1) is 4.92 Å². The number of hydrogen-bond donors (Lipinski definition) is 1. The van der Waals surface area contributed by atoms with Crippen LogP contribution in [-0.2, 0) is 6.54 Å². The summed E-state index contributed by atoms with van der Waals surface area (Å²) in [7, 11) is 0. The van der Waals surface area contributed by atoms with Crippen LogP contribution >= 0.6 is 0 Å². The molecule has 0 spiro atoms. The van der Waals surface area contributed by atoms with Gasteiger partial charge in [0.25, 0.3) is 5.69 Å². The van der Waals surface area contributed by atoms with E-state index in [2.05, 4.69) is 11.5 Å². The van der Waals surface area contributed by atoms with E-state index in [4.69, 9.17) is 5.41 Å². The lowest BCUT2D eigenvalue weighted by molar-refractivity contribution is -0.384. The van der Waals surface area contributed by atoms with E-state index in [0.717, 1.165) is 48.1 Å². The predicted octanol–water partition coefficient (Wildman–Crippen LogP) is 4.07. The SMILES string of the molecule is CCCC(=N)CCn1c(C)cc2cc([N+](=O)[O-])ccc21. The Morgan fingerprint density at radius 2 is 2.10 bits per heavy atom. The number of nitro benzene ring substituents is 1. The summed E-state index contributed by atoms with van der Waals surface area (Å²) in [4.78, 5) is 10.4. The lowest BCUT2D eigenvalue weighted by Crippen LogP contribution is -2.05. The standard InChI is InChI=1S/C15H19N3O2/c1-3-4-13(16)7-8-17-11(2)9-12-10-14(18(19)20)5-6-15(12)17/h5-6,9-10,16H,3-4,7-8H2,1-2H3. The summed E-state index contributed by atoms with van der Waals surface area (Å²) in [6.07, 6.45) is 2.57. The highest BCUT2D eigenvalue weighted by Crippen LogP contribution is 2.24. The highest BCUT2D eigenvalue weighted by atomic mass is 16.6. The van der Waals surface area contributed by atoms with Crippen molar-refractivity contribution >= 4 is 22.3 Å². The number of nitrogens with zero attached hydrogens (tertiary/aromatic N) is 2. The number of aryl methyl sites for hydroxylation is 2. The molecule has 0 bridgehead atoms. The fourth-order valence-electron chi connectivity index (χ4n) is 2.48. The van der Waals surface area contributed by atoms with Crippen LogP contribution in [-0.4, -0.2) is 15.2 Å². The van der Waals surface area contributed by atoms with Crippen molar-refractivity contribution in [3.8, 4) is 0 Å². The molecule has 2 aromatic rings. The van der Waals surface area contributed by atoms with Gasteiger partial charge < -0.3 is 9.98 Å². The topological polar surface area (TPSA) is 71.9 Å². The molecule has 0 saturated heterocycles. The summed E-state index contributed by atoms with van der Waals surface area (Å²) in [6.45, 7) is 4.82. The lowest BCUT2D eigenvalue weighted by Gasteiger charge is -2.08. The Kier molecular flexibility index (Phi) is 4.17. The zero-order valence-corrected chi connectivity index (χ0v) is 11.8. The van der Waals surface area contributed by atoms with Crippen LogP contribution in [0.3, 0.4) is 0 Å². The first-order chi connectivity index (χ1) is 9.52. The van der Waals surface area contributed by atoms with Crippen molar-refractivity contribution in [1.29, 1.82) is 5.41 Å². The first-order valence-electron chi connectivity index (χ1n) is 6.83. The van der Waals surface area contributed by atoms with E-state index in [1.165, 1.54) is 6.07 Å². The highest BCUT2D eigenvalue weighted by molar-refractivity contribution is 5.84. The molecule has 1 N–H and O–H groups in total. The molecule has 0 unspecified atom stereocenters. The van der Waals surface area contributed by atoms with Crippen molar-refractivity contribution in [2.75, 3.05) is 0 Å². The molecule has 2 rings (SSSR count). The van der Waals surface area contributed by atoms with E-state index in [1.807, 2.05) is 13.0 Å². The van der Waals surface area contributed by atoms with Gasteiger partial charge in [-0.3, -0.25) is 10.1 Å². The Bertz CT molecular complexity index is 658. The van der Waals surface area contributed by atoms with Crippen molar-refractivity contribution < 1.29 is 4.92 Å². The fourth-order valence-corrected chi connectivity index (χ4v) is 2.48. The van der Waals surface area contributed by atoms with Gasteiger partial charge in [0.2, 0.25) is 0 Å². The number of rotatable bonds is 6. The summed E-state index contributed by atoms with van der Waals surface area (Å²) in [5.74, 6) is 0.